The number of unbranched alkanes of at least 4 members (excludes halogenated alkanes) is 10. The van der Waals surface area contributed by atoms with Gasteiger partial charge in [-0.15, -0.1) is 0 Å². The van der Waals surface area contributed by atoms with Crippen molar-refractivity contribution >= 4 is 23.3 Å². The number of nitrogens with two attached hydrogens (primary N) is 2. The van der Waals surface area contributed by atoms with Crippen LogP contribution in [0.5, 0.6) is 5.75 Å². The number of esters is 2. The summed E-state index contributed by atoms with van der Waals surface area (Å²) in [6, 6.07) is 13.8. The molecule has 0 amide bonds. The van der Waals surface area contributed by atoms with Gasteiger partial charge in [-0.2, -0.15) is 0 Å². The molecule has 0 aromatic heterocycles. The zero-order valence-corrected chi connectivity index (χ0v) is 22.6. The van der Waals surface area contributed by atoms with Crippen molar-refractivity contribution in [3.63, 3.8) is 0 Å². The molecule has 0 heterocycles. The fourth-order valence-corrected chi connectivity index (χ4v) is 4.32. The van der Waals surface area contributed by atoms with E-state index in [0.717, 1.165) is 51.4 Å². The Morgan fingerprint density at radius 3 is 1.73 bits per heavy atom. The van der Waals surface area contributed by atoms with Crippen LogP contribution in [0.1, 0.15) is 114 Å². The molecule has 0 bridgehead atoms. The van der Waals surface area contributed by atoms with Gasteiger partial charge in [-0.05, 0) is 80.6 Å². The van der Waals surface area contributed by atoms with E-state index in [9.17, 15) is 9.59 Å². The number of ether oxygens (including phenoxy) is 2. The third kappa shape index (κ3) is 13.7. The van der Waals surface area contributed by atoms with Crippen LogP contribution in [0.25, 0.3) is 0 Å². The second kappa shape index (κ2) is 18.3. The molecule has 37 heavy (non-hydrogen) atoms. The summed E-state index contributed by atoms with van der Waals surface area (Å²) in [4.78, 5) is 24.5. The van der Waals surface area contributed by atoms with Gasteiger partial charge in [0.15, 0.2) is 0 Å². The number of benzene rings is 2. The van der Waals surface area contributed by atoms with Gasteiger partial charge in [0.1, 0.15) is 11.9 Å². The third-order valence-corrected chi connectivity index (χ3v) is 6.57. The molecule has 2 rings (SSSR count). The SMILES string of the molecule is CCCCCCC(CCCCCCCCCCC(=O)Oc1ccc(N)cc1)OC(=O)c1ccc(N)cc1. The number of hydrogen-bond acceptors (Lipinski definition) is 6. The van der Waals surface area contributed by atoms with Gasteiger partial charge >= 0.3 is 11.9 Å². The number of carbonyl (C=O) groups is 2. The Morgan fingerprint density at radius 1 is 0.676 bits per heavy atom. The van der Waals surface area contributed by atoms with Gasteiger partial charge in [0.05, 0.1) is 5.56 Å². The molecule has 1 unspecified atom stereocenters. The van der Waals surface area contributed by atoms with Crippen LogP contribution in [0.3, 0.4) is 0 Å². The third-order valence-electron chi connectivity index (χ3n) is 6.57. The lowest BCUT2D eigenvalue weighted by atomic mass is 10.0. The van der Waals surface area contributed by atoms with Crippen LogP contribution < -0.4 is 16.2 Å². The number of rotatable bonds is 19. The molecule has 0 aliphatic heterocycles. The Hall–Kier alpha value is -3.02. The minimum atomic E-state index is -0.252. The lowest BCUT2D eigenvalue weighted by Gasteiger charge is -2.18. The average molecular weight is 511 g/mol. The molecule has 0 spiro atoms. The molecule has 4 N–H and O–H groups in total. The fourth-order valence-electron chi connectivity index (χ4n) is 4.32. The number of nitrogen functional groups attached to an aromatic ring is 2. The Labute approximate surface area is 223 Å². The van der Waals surface area contributed by atoms with Gasteiger partial charge in [0, 0.05) is 17.8 Å². The minimum absolute atomic E-state index is 0.0186. The van der Waals surface area contributed by atoms with E-state index < -0.39 is 0 Å². The van der Waals surface area contributed by atoms with Crippen molar-refractivity contribution in [1.82, 2.24) is 0 Å². The first-order chi connectivity index (χ1) is 18.0. The molecule has 6 heteroatoms. The average Bonchev–Trinajstić information content (AvgIpc) is 2.89. The molecule has 6 nitrogen and oxygen atoms in total. The zero-order chi connectivity index (χ0) is 26.7. The van der Waals surface area contributed by atoms with E-state index in [2.05, 4.69) is 6.92 Å². The molecule has 2 aromatic carbocycles. The molecule has 0 aliphatic rings. The van der Waals surface area contributed by atoms with Gasteiger partial charge in [-0.25, -0.2) is 4.79 Å². The molecule has 204 valence electrons. The summed E-state index contributed by atoms with van der Waals surface area (Å²) in [6.07, 6.45) is 15.8. The quantitative estimate of drug-likeness (QED) is 0.0862. The van der Waals surface area contributed by atoms with Gasteiger partial charge in [-0.1, -0.05) is 64.7 Å². The molecule has 2 aromatic rings. The maximum atomic E-state index is 12.6. The Balaban J connectivity index is 1.54. The van der Waals surface area contributed by atoms with Crippen LogP contribution in [0.2, 0.25) is 0 Å². The first kappa shape index (κ1) is 30.2. The molecule has 0 radical (unpaired) electrons. The number of carbonyl (C=O) groups excluding carboxylic acids is 2. The molecule has 0 fully saturated rings. The van der Waals surface area contributed by atoms with E-state index in [4.69, 9.17) is 20.9 Å². The first-order valence-corrected chi connectivity index (χ1v) is 14.1. The predicted molar refractivity (Wildman–Crippen MR) is 151 cm³/mol. The monoisotopic (exact) mass is 510 g/mol. The van der Waals surface area contributed by atoms with E-state index in [-0.39, 0.29) is 18.0 Å². The summed E-state index contributed by atoms with van der Waals surface area (Å²) < 4.78 is 11.2. The van der Waals surface area contributed by atoms with Crippen LogP contribution in [0.4, 0.5) is 11.4 Å². The van der Waals surface area contributed by atoms with Crippen molar-refractivity contribution in [3.8, 4) is 5.75 Å². The van der Waals surface area contributed by atoms with Crippen molar-refractivity contribution in [2.75, 3.05) is 11.5 Å². The highest BCUT2D eigenvalue weighted by Gasteiger charge is 2.16. The van der Waals surface area contributed by atoms with Gasteiger partial charge < -0.3 is 20.9 Å². The fraction of sp³-hybridized carbons (Fsp3) is 0.548. The maximum Gasteiger partial charge on any atom is 0.338 e. The predicted octanol–water partition coefficient (Wildman–Crippen LogP) is 7.85. The van der Waals surface area contributed by atoms with Crippen LogP contribution in [0.15, 0.2) is 48.5 Å². The van der Waals surface area contributed by atoms with E-state index in [0.29, 0.717) is 29.1 Å². The van der Waals surface area contributed by atoms with Crippen LogP contribution in [-0.2, 0) is 9.53 Å². The summed E-state index contributed by atoms with van der Waals surface area (Å²) in [7, 11) is 0. The van der Waals surface area contributed by atoms with Crippen molar-refractivity contribution in [2.24, 2.45) is 0 Å². The second-order valence-corrected chi connectivity index (χ2v) is 9.91. The number of anilines is 2. The molecular formula is C31H46N2O4. The normalized spacial score (nSPS) is 11.7. The second-order valence-electron chi connectivity index (χ2n) is 9.91. The Bertz CT molecular complexity index is 896. The van der Waals surface area contributed by atoms with Crippen molar-refractivity contribution in [3.05, 3.63) is 54.1 Å². The standard InChI is InChI=1S/C31H46N2O4/c1-2-3-4-11-14-28(37-31(35)25-17-19-26(32)20-18-25)15-12-9-7-5-6-8-10-13-16-30(34)36-29-23-21-27(33)22-24-29/h17-24,28H,2-16,32-33H2,1H3. The minimum Gasteiger partial charge on any atom is -0.459 e. The summed E-state index contributed by atoms with van der Waals surface area (Å²) in [5.74, 6) is 0.103. The van der Waals surface area contributed by atoms with Crippen molar-refractivity contribution in [1.29, 1.82) is 0 Å². The maximum absolute atomic E-state index is 12.6. The summed E-state index contributed by atoms with van der Waals surface area (Å²) in [5.41, 5.74) is 13.2. The van der Waals surface area contributed by atoms with Gasteiger partial charge in [0.2, 0.25) is 0 Å². The highest BCUT2D eigenvalue weighted by Crippen LogP contribution is 2.19. The highest BCUT2D eigenvalue weighted by atomic mass is 16.5. The summed E-state index contributed by atoms with van der Waals surface area (Å²) >= 11 is 0. The first-order valence-electron chi connectivity index (χ1n) is 14.1. The summed E-state index contributed by atoms with van der Waals surface area (Å²) in [6.45, 7) is 2.20. The van der Waals surface area contributed by atoms with E-state index in [1.165, 1.54) is 38.5 Å². The van der Waals surface area contributed by atoms with E-state index in [1.807, 2.05) is 0 Å². The van der Waals surface area contributed by atoms with Crippen molar-refractivity contribution < 1.29 is 19.1 Å². The molecule has 0 saturated carbocycles. The molecule has 1 atom stereocenters. The van der Waals surface area contributed by atoms with Crippen LogP contribution in [0, 0.1) is 0 Å². The van der Waals surface area contributed by atoms with Gasteiger partial charge in [0.25, 0.3) is 0 Å². The Kier molecular flexibility index (Phi) is 14.9. The highest BCUT2D eigenvalue weighted by molar-refractivity contribution is 5.89. The van der Waals surface area contributed by atoms with E-state index in [1.54, 1.807) is 48.5 Å². The zero-order valence-electron chi connectivity index (χ0n) is 22.6. The van der Waals surface area contributed by atoms with Crippen molar-refractivity contribution in [2.45, 2.75) is 109 Å². The topological polar surface area (TPSA) is 105 Å². The van der Waals surface area contributed by atoms with Gasteiger partial charge in [-0.3, -0.25) is 4.79 Å². The smallest absolute Gasteiger partial charge is 0.338 e. The lowest BCUT2D eigenvalue weighted by Crippen LogP contribution is -2.18. The Morgan fingerprint density at radius 2 is 1.16 bits per heavy atom. The number of hydrogen-bond donors (Lipinski definition) is 2. The molecule has 0 aliphatic carbocycles. The summed E-state index contributed by atoms with van der Waals surface area (Å²) in [5, 5.41) is 0. The molecular weight excluding hydrogens is 464 g/mol. The van der Waals surface area contributed by atoms with Crippen LogP contribution >= 0.6 is 0 Å². The van der Waals surface area contributed by atoms with Crippen LogP contribution in [-0.4, -0.2) is 18.0 Å². The largest absolute Gasteiger partial charge is 0.459 e. The molecule has 0 saturated heterocycles. The lowest BCUT2D eigenvalue weighted by molar-refractivity contribution is -0.134. The van der Waals surface area contributed by atoms with E-state index >= 15 is 0 Å².